The SMILES string of the molecule is Cc1cccnc1CNC(C)CCCCl. The second-order valence-corrected chi connectivity index (χ2v) is 4.26. The van der Waals surface area contributed by atoms with Crippen molar-refractivity contribution in [1.29, 1.82) is 0 Å². The predicted molar refractivity (Wildman–Crippen MR) is 65.2 cm³/mol. The van der Waals surface area contributed by atoms with Crippen LogP contribution in [0.3, 0.4) is 0 Å². The first kappa shape index (κ1) is 12.5. The van der Waals surface area contributed by atoms with E-state index in [9.17, 15) is 0 Å². The number of alkyl halides is 1. The third-order valence-electron chi connectivity index (χ3n) is 2.51. The number of hydrogen-bond donors (Lipinski definition) is 1. The zero-order chi connectivity index (χ0) is 11.1. The molecule has 0 aliphatic carbocycles. The summed E-state index contributed by atoms with van der Waals surface area (Å²) >= 11 is 5.65. The Morgan fingerprint density at radius 3 is 3.00 bits per heavy atom. The highest BCUT2D eigenvalue weighted by Gasteiger charge is 2.03. The zero-order valence-electron chi connectivity index (χ0n) is 9.46. The topological polar surface area (TPSA) is 24.9 Å². The first-order valence-electron chi connectivity index (χ1n) is 5.44. The van der Waals surface area contributed by atoms with Crippen LogP contribution in [0.1, 0.15) is 31.0 Å². The fraction of sp³-hybridized carbons (Fsp3) is 0.583. The van der Waals surface area contributed by atoms with Crippen LogP contribution in [0.25, 0.3) is 0 Å². The molecule has 1 aromatic heterocycles. The second-order valence-electron chi connectivity index (χ2n) is 3.88. The van der Waals surface area contributed by atoms with E-state index in [0.29, 0.717) is 6.04 Å². The van der Waals surface area contributed by atoms with E-state index in [1.54, 1.807) is 0 Å². The van der Waals surface area contributed by atoms with Crippen molar-refractivity contribution >= 4 is 11.6 Å². The average Bonchev–Trinajstić information content (AvgIpc) is 2.25. The van der Waals surface area contributed by atoms with Gasteiger partial charge in [-0.05, 0) is 38.3 Å². The normalized spacial score (nSPS) is 12.7. The summed E-state index contributed by atoms with van der Waals surface area (Å²) in [6, 6.07) is 4.56. The minimum absolute atomic E-state index is 0.505. The third kappa shape index (κ3) is 4.63. The smallest absolute Gasteiger partial charge is 0.0570 e. The van der Waals surface area contributed by atoms with Crippen molar-refractivity contribution in [3.05, 3.63) is 29.6 Å². The summed E-state index contributed by atoms with van der Waals surface area (Å²) in [6.07, 6.45) is 4.03. The fourth-order valence-corrected chi connectivity index (χ4v) is 1.61. The first-order valence-corrected chi connectivity index (χ1v) is 5.97. The molecule has 0 spiro atoms. The van der Waals surface area contributed by atoms with Crippen molar-refractivity contribution in [2.45, 2.75) is 39.3 Å². The van der Waals surface area contributed by atoms with E-state index in [2.05, 4.69) is 30.2 Å². The fourth-order valence-electron chi connectivity index (χ4n) is 1.46. The van der Waals surface area contributed by atoms with Crippen LogP contribution in [0.2, 0.25) is 0 Å². The summed E-state index contributed by atoms with van der Waals surface area (Å²) in [7, 11) is 0. The molecule has 84 valence electrons. The number of hydrogen-bond acceptors (Lipinski definition) is 2. The van der Waals surface area contributed by atoms with Crippen LogP contribution in [-0.4, -0.2) is 16.9 Å². The Morgan fingerprint density at radius 1 is 1.53 bits per heavy atom. The Balaban J connectivity index is 2.33. The molecule has 1 heterocycles. The van der Waals surface area contributed by atoms with Crippen LogP contribution in [0, 0.1) is 6.92 Å². The summed E-state index contributed by atoms with van der Waals surface area (Å²) in [5.74, 6) is 0.745. The quantitative estimate of drug-likeness (QED) is 0.755. The van der Waals surface area contributed by atoms with Crippen LogP contribution >= 0.6 is 11.6 Å². The third-order valence-corrected chi connectivity index (χ3v) is 2.77. The van der Waals surface area contributed by atoms with Gasteiger partial charge < -0.3 is 5.32 Å². The Kier molecular flexibility index (Phi) is 5.66. The number of halogens is 1. The molecule has 0 radical (unpaired) electrons. The van der Waals surface area contributed by atoms with E-state index < -0.39 is 0 Å². The van der Waals surface area contributed by atoms with Gasteiger partial charge in [0.2, 0.25) is 0 Å². The van der Waals surface area contributed by atoms with Gasteiger partial charge in [-0.2, -0.15) is 0 Å². The van der Waals surface area contributed by atoms with Crippen LogP contribution in [0.5, 0.6) is 0 Å². The molecule has 0 saturated heterocycles. The lowest BCUT2D eigenvalue weighted by atomic mass is 10.1. The average molecular weight is 227 g/mol. The molecule has 15 heavy (non-hydrogen) atoms. The van der Waals surface area contributed by atoms with E-state index in [1.807, 2.05) is 12.3 Å². The number of aromatic nitrogens is 1. The van der Waals surface area contributed by atoms with Gasteiger partial charge in [0, 0.05) is 24.7 Å². The Labute approximate surface area is 97.1 Å². The van der Waals surface area contributed by atoms with Crippen molar-refractivity contribution < 1.29 is 0 Å². The minimum Gasteiger partial charge on any atom is -0.309 e. The number of nitrogens with zero attached hydrogens (tertiary/aromatic N) is 1. The van der Waals surface area contributed by atoms with Crippen LogP contribution < -0.4 is 5.32 Å². The number of rotatable bonds is 6. The molecule has 0 fully saturated rings. The highest BCUT2D eigenvalue weighted by Crippen LogP contribution is 2.04. The zero-order valence-corrected chi connectivity index (χ0v) is 10.2. The molecule has 0 aromatic carbocycles. The van der Waals surface area contributed by atoms with Gasteiger partial charge in [-0.25, -0.2) is 0 Å². The first-order chi connectivity index (χ1) is 7.24. The standard InChI is InChI=1S/C12H19ClN2/c1-10-5-4-8-14-12(10)9-15-11(2)6-3-7-13/h4-5,8,11,15H,3,6-7,9H2,1-2H3. The van der Waals surface area contributed by atoms with Crippen molar-refractivity contribution in [1.82, 2.24) is 10.3 Å². The number of nitrogens with one attached hydrogen (secondary N) is 1. The Hall–Kier alpha value is -0.600. The van der Waals surface area contributed by atoms with Crippen LogP contribution in [0.15, 0.2) is 18.3 Å². The van der Waals surface area contributed by atoms with Gasteiger partial charge in [0.15, 0.2) is 0 Å². The summed E-state index contributed by atoms with van der Waals surface area (Å²) < 4.78 is 0. The predicted octanol–water partition coefficient (Wildman–Crippen LogP) is 2.89. The van der Waals surface area contributed by atoms with Gasteiger partial charge in [0.05, 0.1) is 5.69 Å². The van der Waals surface area contributed by atoms with Gasteiger partial charge in [0.25, 0.3) is 0 Å². The van der Waals surface area contributed by atoms with E-state index in [4.69, 9.17) is 11.6 Å². The van der Waals surface area contributed by atoms with Gasteiger partial charge in [0.1, 0.15) is 0 Å². The molecule has 0 aliphatic heterocycles. The highest BCUT2D eigenvalue weighted by atomic mass is 35.5. The summed E-state index contributed by atoms with van der Waals surface area (Å²) in [6.45, 7) is 5.12. The Bertz CT molecular complexity index is 289. The largest absolute Gasteiger partial charge is 0.309 e. The van der Waals surface area contributed by atoms with E-state index in [1.165, 1.54) is 5.56 Å². The van der Waals surface area contributed by atoms with E-state index in [0.717, 1.165) is 31.0 Å². The van der Waals surface area contributed by atoms with Crippen molar-refractivity contribution in [3.63, 3.8) is 0 Å². The molecule has 1 atom stereocenters. The van der Waals surface area contributed by atoms with Crippen molar-refractivity contribution in [2.75, 3.05) is 5.88 Å². The molecule has 1 unspecified atom stereocenters. The summed E-state index contributed by atoms with van der Waals surface area (Å²) in [4.78, 5) is 4.34. The van der Waals surface area contributed by atoms with Crippen molar-refractivity contribution in [2.24, 2.45) is 0 Å². The lowest BCUT2D eigenvalue weighted by molar-refractivity contribution is 0.504. The summed E-state index contributed by atoms with van der Waals surface area (Å²) in [5, 5.41) is 3.45. The molecule has 0 amide bonds. The lowest BCUT2D eigenvalue weighted by Crippen LogP contribution is -2.26. The highest BCUT2D eigenvalue weighted by molar-refractivity contribution is 6.17. The van der Waals surface area contributed by atoms with Gasteiger partial charge in [-0.3, -0.25) is 4.98 Å². The molecule has 1 N–H and O–H groups in total. The number of pyridine rings is 1. The Morgan fingerprint density at radius 2 is 2.33 bits per heavy atom. The molecular weight excluding hydrogens is 208 g/mol. The maximum absolute atomic E-state index is 5.65. The molecule has 1 rings (SSSR count). The van der Waals surface area contributed by atoms with E-state index in [-0.39, 0.29) is 0 Å². The lowest BCUT2D eigenvalue weighted by Gasteiger charge is -2.13. The molecule has 0 bridgehead atoms. The van der Waals surface area contributed by atoms with E-state index >= 15 is 0 Å². The molecule has 3 heteroatoms. The molecular formula is C12H19ClN2. The van der Waals surface area contributed by atoms with Gasteiger partial charge in [-0.1, -0.05) is 6.07 Å². The summed E-state index contributed by atoms with van der Waals surface area (Å²) in [5.41, 5.74) is 2.38. The number of aryl methyl sites for hydroxylation is 1. The maximum atomic E-state index is 5.65. The molecule has 2 nitrogen and oxygen atoms in total. The van der Waals surface area contributed by atoms with Crippen LogP contribution in [-0.2, 0) is 6.54 Å². The van der Waals surface area contributed by atoms with Gasteiger partial charge in [-0.15, -0.1) is 11.6 Å². The minimum atomic E-state index is 0.505. The van der Waals surface area contributed by atoms with Crippen LogP contribution in [0.4, 0.5) is 0 Å². The van der Waals surface area contributed by atoms with Crippen molar-refractivity contribution in [3.8, 4) is 0 Å². The molecule has 0 aliphatic rings. The molecule has 0 saturated carbocycles. The van der Waals surface area contributed by atoms with Gasteiger partial charge >= 0.3 is 0 Å². The monoisotopic (exact) mass is 226 g/mol. The second kappa shape index (κ2) is 6.81. The maximum Gasteiger partial charge on any atom is 0.0570 e. The molecule has 1 aromatic rings.